The van der Waals surface area contributed by atoms with Crippen molar-refractivity contribution in [2.45, 2.75) is 25.6 Å². The number of benzene rings is 1. The minimum Gasteiger partial charge on any atom is -0.140 e. The van der Waals surface area contributed by atoms with Crippen molar-refractivity contribution in [1.82, 2.24) is 0 Å². The molecule has 0 aliphatic carbocycles. The largest absolute Gasteiger partial charge is 0.140 e. The van der Waals surface area contributed by atoms with E-state index in [0.717, 1.165) is 11.8 Å². The third-order valence-electron chi connectivity index (χ3n) is 2.52. The molecule has 1 aromatic heterocycles. The molecule has 0 aliphatic heterocycles. The molecule has 1 heterocycles. The first kappa shape index (κ1) is 10.2. The molecule has 0 saturated heterocycles. The fourth-order valence-corrected chi connectivity index (χ4v) is 3.30. The van der Waals surface area contributed by atoms with E-state index in [-0.39, 0.29) is 0 Å². The van der Waals surface area contributed by atoms with Crippen molar-refractivity contribution < 1.29 is 0 Å². The summed E-state index contributed by atoms with van der Waals surface area (Å²) in [6.45, 7) is 4.39. The summed E-state index contributed by atoms with van der Waals surface area (Å²) in [7, 11) is 0. The van der Waals surface area contributed by atoms with Crippen LogP contribution < -0.4 is 0 Å². The van der Waals surface area contributed by atoms with E-state index in [1.807, 2.05) is 11.3 Å². The van der Waals surface area contributed by atoms with Gasteiger partial charge in [0.25, 0.3) is 0 Å². The highest BCUT2D eigenvalue weighted by atomic mass is 79.9. The smallest absolute Gasteiger partial charge is 0.0348 e. The molecule has 14 heavy (non-hydrogen) atoms. The lowest BCUT2D eigenvalue weighted by molar-refractivity contribution is 1.19. The van der Waals surface area contributed by atoms with E-state index in [4.69, 9.17) is 0 Å². The van der Waals surface area contributed by atoms with Crippen LogP contribution in [0.2, 0.25) is 0 Å². The first-order valence-electron chi connectivity index (χ1n) is 4.82. The number of hydrogen-bond donors (Lipinski definition) is 0. The molecule has 2 aromatic rings. The van der Waals surface area contributed by atoms with Crippen LogP contribution >= 0.6 is 27.3 Å². The molecule has 0 radical (unpaired) electrons. The van der Waals surface area contributed by atoms with E-state index < -0.39 is 0 Å². The van der Waals surface area contributed by atoms with Gasteiger partial charge in [0.2, 0.25) is 0 Å². The van der Waals surface area contributed by atoms with Crippen molar-refractivity contribution >= 4 is 37.4 Å². The Balaban J connectivity index is 2.64. The fourth-order valence-electron chi connectivity index (χ4n) is 1.61. The van der Waals surface area contributed by atoms with Crippen molar-refractivity contribution in [1.29, 1.82) is 0 Å². The molecule has 0 spiro atoms. The van der Waals surface area contributed by atoms with Gasteiger partial charge < -0.3 is 0 Å². The van der Waals surface area contributed by atoms with Gasteiger partial charge in [-0.15, -0.1) is 11.3 Å². The molecule has 1 aromatic carbocycles. The Kier molecular flexibility index (Phi) is 2.93. The molecule has 0 atom stereocenters. The molecular weight excluding hydrogens is 256 g/mol. The van der Waals surface area contributed by atoms with Crippen molar-refractivity contribution in [3.8, 4) is 0 Å². The normalized spacial score (nSPS) is 11.1. The van der Waals surface area contributed by atoms with Gasteiger partial charge in [0.15, 0.2) is 0 Å². The Hall–Kier alpha value is -0.340. The summed E-state index contributed by atoms with van der Waals surface area (Å²) < 4.78 is 1.42. The number of halogens is 1. The monoisotopic (exact) mass is 268 g/mol. The van der Waals surface area contributed by atoms with Crippen LogP contribution in [0.1, 0.15) is 22.9 Å². The highest BCUT2D eigenvalue weighted by molar-refractivity contribution is 9.08. The van der Waals surface area contributed by atoms with E-state index >= 15 is 0 Å². The maximum atomic E-state index is 3.52. The topological polar surface area (TPSA) is 0 Å². The lowest BCUT2D eigenvalue weighted by Gasteiger charge is -2.01. The number of fused-ring (bicyclic) bond motifs is 1. The van der Waals surface area contributed by atoms with Gasteiger partial charge >= 0.3 is 0 Å². The summed E-state index contributed by atoms with van der Waals surface area (Å²) in [5.41, 5.74) is 2.79. The second-order valence-corrected chi connectivity index (χ2v) is 5.25. The highest BCUT2D eigenvalue weighted by Crippen LogP contribution is 2.29. The van der Waals surface area contributed by atoms with Crippen molar-refractivity contribution in [3.63, 3.8) is 0 Å². The van der Waals surface area contributed by atoms with E-state index in [9.17, 15) is 0 Å². The SMILES string of the molecule is CCc1cc2cc(CBr)c(C)cc2s1. The average molecular weight is 269 g/mol. The van der Waals surface area contributed by atoms with E-state index in [1.54, 1.807) is 0 Å². The second kappa shape index (κ2) is 4.03. The Morgan fingerprint density at radius 2 is 2.07 bits per heavy atom. The molecule has 0 bridgehead atoms. The predicted molar refractivity (Wildman–Crippen MR) is 68.6 cm³/mol. The van der Waals surface area contributed by atoms with E-state index in [1.165, 1.54) is 26.1 Å². The number of rotatable bonds is 2. The maximum absolute atomic E-state index is 3.52. The summed E-state index contributed by atoms with van der Waals surface area (Å²) in [4.78, 5) is 1.48. The van der Waals surface area contributed by atoms with Gasteiger partial charge in [0.05, 0.1) is 0 Å². The first-order chi connectivity index (χ1) is 6.74. The molecule has 2 rings (SSSR count). The zero-order valence-electron chi connectivity index (χ0n) is 8.43. The molecule has 0 saturated carbocycles. The lowest BCUT2D eigenvalue weighted by Crippen LogP contribution is -1.82. The molecule has 74 valence electrons. The Morgan fingerprint density at radius 3 is 2.71 bits per heavy atom. The van der Waals surface area contributed by atoms with Crippen LogP contribution in [-0.2, 0) is 11.8 Å². The highest BCUT2D eigenvalue weighted by Gasteiger charge is 2.03. The number of alkyl halides is 1. The predicted octanol–water partition coefficient (Wildman–Crippen LogP) is 4.67. The summed E-state index contributed by atoms with van der Waals surface area (Å²) in [6.07, 6.45) is 1.14. The third kappa shape index (κ3) is 1.73. The molecule has 0 amide bonds. The summed E-state index contributed by atoms with van der Waals surface area (Å²) in [5.74, 6) is 0. The van der Waals surface area contributed by atoms with Gasteiger partial charge in [-0.3, -0.25) is 0 Å². The van der Waals surface area contributed by atoms with Gasteiger partial charge in [-0.1, -0.05) is 22.9 Å². The zero-order chi connectivity index (χ0) is 10.1. The minimum absolute atomic E-state index is 0.950. The van der Waals surface area contributed by atoms with Crippen LogP contribution in [-0.4, -0.2) is 0 Å². The number of hydrogen-bond acceptors (Lipinski definition) is 1. The standard InChI is InChI=1S/C12H13BrS/c1-3-11-6-9-5-10(7-13)8(2)4-12(9)14-11/h4-6H,3,7H2,1-2H3. The zero-order valence-corrected chi connectivity index (χ0v) is 10.8. The van der Waals surface area contributed by atoms with E-state index in [2.05, 4.69) is 48.0 Å². The fraction of sp³-hybridized carbons (Fsp3) is 0.333. The Labute approximate surface area is 97.1 Å². The summed E-state index contributed by atoms with van der Waals surface area (Å²) in [5, 5.41) is 2.35. The summed E-state index contributed by atoms with van der Waals surface area (Å²) >= 11 is 5.44. The van der Waals surface area contributed by atoms with Crippen molar-refractivity contribution in [2.24, 2.45) is 0 Å². The van der Waals surface area contributed by atoms with Gasteiger partial charge in [-0.05, 0) is 48.1 Å². The quantitative estimate of drug-likeness (QED) is 0.695. The molecule has 0 unspecified atom stereocenters. The summed E-state index contributed by atoms with van der Waals surface area (Å²) in [6, 6.07) is 6.91. The van der Waals surface area contributed by atoms with Crippen LogP contribution in [0.5, 0.6) is 0 Å². The molecule has 0 aliphatic rings. The van der Waals surface area contributed by atoms with Crippen molar-refractivity contribution in [3.05, 3.63) is 34.2 Å². The van der Waals surface area contributed by atoms with E-state index in [0.29, 0.717) is 0 Å². The average Bonchev–Trinajstić information content (AvgIpc) is 2.58. The molecule has 0 fully saturated rings. The molecule has 2 heteroatoms. The third-order valence-corrected chi connectivity index (χ3v) is 4.36. The second-order valence-electron chi connectivity index (χ2n) is 3.52. The maximum Gasteiger partial charge on any atom is 0.0348 e. The lowest BCUT2D eigenvalue weighted by atomic mass is 10.1. The van der Waals surface area contributed by atoms with Gasteiger partial charge in [0.1, 0.15) is 0 Å². The van der Waals surface area contributed by atoms with Gasteiger partial charge in [-0.2, -0.15) is 0 Å². The van der Waals surface area contributed by atoms with Gasteiger partial charge in [0, 0.05) is 14.9 Å². The Morgan fingerprint density at radius 1 is 1.29 bits per heavy atom. The minimum atomic E-state index is 0.950. The number of thiophene rings is 1. The first-order valence-corrected chi connectivity index (χ1v) is 6.76. The van der Waals surface area contributed by atoms with Crippen LogP contribution in [0.3, 0.4) is 0 Å². The molecule has 0 nitrogen and oxygen atoms in total. The molecular formula is C12H13BrS. The van der Waals surface area contributed by atoms with Crippen LogP contribution in [0.4, 0.5) is 0 Å². The molecule has 0 N–H and O–H groups in total. The van der Waals surface area contributed by atoms with Crippen LogP contribution in [0.25, 0.3) is 10.1 Å². The van der Waals surface area contributed by atoms with Crippen molar-refractivity contribution in [2.75, 3.05) is 0 Å². The van der Waals surface area contributed by atoms with Crippen LogP contribution in [0, 0.1) is 6.92 Å². The number of aryl methyl sites for hydroxylation is 2. The van der Waals surface area contributed by atoms with Gasteiger partial charge in [-0.25, -0.2) is 0 Å². The van der Waals surface area contributed by atoms with Crippen LogP contribution in [0.15, 0.2) is 18.2 Å². The Bertz CT molecular complexity index is 457.